The van der Waals surface area contributed by atoms with Crippen LogP contribution in [0.4, 0.5) is 4.39 Å². The molecule has 0 aliphatic rings. The Kier molecular flexibility index (Phi) is 2.25. The Hall–Kier alpha value is -1.35. The first-order chi connectivity index (χ1) is 6.66. The summed E-state index contributed by atoms with van der Waals surface area (Å²) in [6.45, 7) is 1.79. The SMILES string of the molecule is Cc1ccc(-c2cc(Cl)cnc2F)o1. The van der Waals surface area contributed by atoms with Gasteiger partial charge in [-0.2, -0.15) is 4.39 Å². The molecule has 4 heteroatoms. The minimum atomic E-state index is -0.580. The zero-order chi connectivity index (χ0) is 10.1. The third kappa shape index (κ3) is 1.63. The van der Waals surface area contributed by atoms with Crippen LogP contribution in [0.15, 0.2) is 28.8 Å². The van der Waals surface area contributed by atoms with E-state index < -0.39 is 5.95 Å². The lowest BCUT2D eigenvalue weighted by molar-refractivity contribution is 0.534. The zero-order valence-electron chi connectivity index (χ0n) is 7.42. The normalized spacial score (nSPS) is 10.5. The van der Waals surface area contributed by atoms with Crippen LogP contribution in [0, 0.1) is 12.9 Å². The summed E-state index contributed by atoms with van der Waals surface area (Å²) in [6.07, 6.45) is 1.26. The summed E-state index contributed by atoms with van der Waals surface area (Å²) in [7, 11) is 0. The number of halogens is 2. The van der Waals surface area contributed by atoms with Gasteiger partial charge in [0.05, 0.1) is 10.6 Å². The van der Waals surface area contributed by atoms with Crippen LogP contribution in [-0.2, 0) is 0 Å². The highest BCUT2D eigenvalue weighted by Gasteiger charge is 2.10. The highest BCUT2D eigenvalue weighted by molar-refractivity contribution is 6.30. The first-order valence-corrected chi connectivity index (χ1v) is 4.42. The first kappa shape index (κ1) is 9.21. The van der Waals surface area contributed by atoms with Gasteiger partial charge in [-0.1, -0.05) is 11.6 Å². The maximum atomic E-state index is 13.2. The molecule has 0 atom stereocenters. The van der Waals surface area contributed by atoms with Gasteiger partial charge in [0, 0.05) is 6.20 Å². The third-order valence-electron chi connectivity index (χ3n) is 1.81. The molecule has 0 aliphatic heterocycles. The van der Waals surface area contributed by atoms with Crippen LogP contribution in [0.2, 0.25) is 5.02 Å². The van der Waals surface area contributed by atoms with Gasteiger partial charge in [-0.25, -0.2) is 4.98 Å². The Balaban J connectivity index is 2.55. The van der Waals surface area contributed by atoms with E-state index in [9.17, 15) is 4.39 Å². The van der Waals surface area contributed by atoms with Crippen molar-refractivity contribution in [3.8, 4) is 11.3 Å². The minimum absolute atomic E-state index is 0.283. The van der Waals surface area contributed by atoms with Crippen LogP contribution in [0.3, 0.4) is 0 Å². The molecule has 2 rings (SSSR count). The van der Waals surface area contributed by atoms with Crippen LogP contribution < -0.4 is 0 Å². The molecule has 14 heavy (non-hydrogen) atoms. The molecule has 0 aliphatic carbocycles. The molecule has 0 N–H and O–H groups in total. The number of hydrogen-bond acceptors (Lipinski definition) is 2. The highest BCUT2D eigenvalue weighted by Crippen LogP contribution is 2.25. The smallest absolute Gasteiger partial charge is 0.223 e. The molecule has 0 fully saturated rings. The predicted molar refractivity (Wildman–Crippen MR) is 51.6 cm³/mol. The van der Waals surface area contributed by atoms with Gasteiger partial charge in [-0.3, -0.25) is 0 Å². The van der Waals surface area contributed by atoms with Gasteiger partial charge < -0.3 is 4.42 Å². The molecule has 0 radical (unpaired) electrons. The van der Waals surface area contributed by atoms with Crippen LogP contribution in [0.5, 0.6) is 0 Å². The molecular formula is C10H7ClFNO. The van der Waals surface area contributed by atoms with Crippen molar-refractivity contribution in [2.45, 2.75) is 6.92 Å². The summed E-state index contributed by atoms with van der Waals surface area (Å²) < 4.78 is 18.5. The Morgan fingerprint density at radius 2 is 2.21 bits per heavy atom. The summed E-state index contributed by atoms with van der Waals surface area (Å²) in [4.78, 5) is 3.51. The first-order valence-electron chi connectivity index (χ1n) is 4.04. The summed E-state index contributed by atoms with van der Waals surface area (Å²) in [6, 6.07) is 4.93. The van der Waals surface area contributed by atoms with E-state index in [1.165, 1.54) is 12.3 Å². The molecule has 0 amide bonds. The van der Waals surface area contributed by atoms with Crippen LogP contribution >= 0.6 is 11.6 Å². The lowest BCUT2D eigenvalue weighted by atomic mass is 10.2. The fourth-order valence-electron chi connectivity index (χ4n) is 1.17. The largest absolute Gasteiger partial charge is 0.461 e. The Labute approximate surface area is 85.3 Å². The van der Waals surface area contributed by atoms with Gasteiger partial charge in [-0.05, 0) is 25.1 Å². The summed E-state index contributed by atoms with van der Waals surface area (Å²) in [5, 5.41) is 0.385. The molecule has 2 heterocycles. The standard InChI is InChI=1S/C10H7ClFNO/c1-6-2-3-9(14-6)8-4-7(11)5-13-10(8)12/h2-5H,1H3. The summed E-state index contributed by atoms with van der Waals surface area (Å²) >= 11 is 5.70. The van der Waals surface area contributed by atoms with E-state index in [0.29, 0.717) is 10.8 Å². The van der Waals surface area contributed by atoms with Gasteiger partial charge in [0.1, 0.15) is 11.5 Å². The topological polar surface area (TPSA) is 26.0 Å². The van der Waals surface area contributed by atoms with E-state index >= 15 is 0 Å². The number of furan rings is 1. The van der Waals surface area contributed by atoms with Gasteiger partial charge in [0.15, 0.2) is 0 Å². The van der Waals surface area contributed by atoms with Gasteiger partial charge in [0.2, 0.25) is 5.95 Å². The van der Waals surface area contributed by atoms with Gasteiger partial charge >= 0.3 is 0 Å². The van der Waals surface area contributed by atoms with Crippen LogP contribution in [-0.4, -0.2) is 4.98 Å². The Morgan fingerprint density at radius 3 is 2.86 bits per heavy atom. The molecule has 0 bridgehead atoms. The lowest BCUT2D eigenvalue weighted by Gasteiger charge is -1.98. The second-order valence-corrected chi connectivity index (χ2v) is 3.34. The van der Waals surface area contributed by atoms with Crippen molar-refractivity contribution in [3.63, 3.8) is 0 Å². The molecule has 2 nitrogen and oxygen atoms in total. The average Bonchev–Trinajstić information content (AvgIpc) is 2.56. The molecule has 2 aromatic rings. The second kappa shape index (κ2) is 3.42. The maximum Gasteiger partial charge on any atom is 0.223 e. The van der Waals surface area contributed by atoms with E-state index in [4.69, 9.17) is 16.0 Å². The minimum Gasteiger partial charge on any atom is -0.461 e. The third-order valence-corrected chi connectivity index (χ3v) is 2.02. The number of hydrogen-bond donors (Lipinski definition) is 0. The molecular weight excluding hydrogens is 205 g/mol. The Bertz CT molecular complexity index is 467. The summed E-state index contributed by atoms with van der Waals surface area (Å²) in [5.41, 5.74) is 0.283. The van der Waals surface area contributed by atoms with E-state index in [-0.39, 0.29) is 5.56 Å². The van der Waals surface area contributed by atoms with E-state index in [1.807, 2.05) is 0 Å². The molecule has 0 spiro atoms. The van der Waals surface area contributed by atoms with Gasteiger partial charge in [-0.15, -0.1) is 0 Å². The lowest BCUT2D eigenvalue weighted by Crippen LogP contribution is -1.86. The maximum absolute atomic E-state index is 13.2. The average molecular weight is 212 g/mol. The highest BCUT2D eigenvalue weighted by atomic mass is 35.5. The van der Waals surface area contributed by atoms with Crippen molar-refractivity contribution in [2.75, 3.05) is 0 Å². The second-order valence-electron chi connectivity index (χ2n) is 2.90. The van der Waals surface area contributed by atoms with Crippen molar-refractivity contribution >= 4 is 11.6 Å². The number of aromatic nitrogens is 1. The van der Waals surface area contributed by atoms with Crippen molar-refractivity contribution in [1.29, 1.82) is 0 Å². The van der Waals surface area contributed by atoms with E-state index in [1.54, 1.807) is 19.1 Å². The zero-order valence-corrected chi connectivity index (χ0v) is 8.18. The number of pyridine rings is 1. The molecule has 0 saturated heterocycles. The number of nitrogens with zero attached hydrogens (tertiary/aromatic N) is 1. The molecule has 0 aromatic carbocycles. The summed E-state index contributed by atoms with van der Waals surface area (Å²) in [5.74, 6) is 0.582. The van der Waals surface area contributed by atoms with Crippen molar-refractivity contribution in [1.82, 2.24) is 4.98 Å². The van der Waals surface area contributed by atoms with Crippen LogP contribution in [0.1, 0.15) is 5.76 Å². The van der Waals surface area contributed by atoms with E-state index in [0.717, 1.165) is 5.76 Å². The molecule has 0 unspecified atom stereocenters. The monoisotopic (exact) mass is 211 g/mol. The fraction of sp³-hybridized carbons (Fsp3) is 0.100. The van der Waals surface area contributed by atoms with Gasteiger partial charge in [0.25, 0.3) is 0 Å². The fourth-order valence-corrected chi connectivity index (χ4v) is 1.33. The predicted octanol–water partition coefficient (Wildman–Crippen LogP) is 3.44. The quantitative estimate of drug-likeness (QED) is 0.676. The van der Waals surface area contributed by atoms with Crippen molar-refractivity contribution in [3.05, 3.63) is 41.1 Å². The molecule has 2 aromatic heterocycles. The number of aryl methyl sites for hydroxylation is 1. The van der Waals surface area contributed by atoms with Crippen LogP contribution in [0.25, 0.3) is 11.3 Å². The molecule has 72 valence electrons. The van der Waals surface area contributed by atoms with Crippen molar-refractivity contribution < 1.29 is 8.81 Å². The van der Waals surface area contributed by atoms with E-state index in [2.05, 4.69) is 4.98 Å². The molecule has 0 saturated carbocycles. The van der Waals surface area contributed by atoms with Crippen molar-refractivity contribution in [2.24, 2.45) is 0 Å². The number of rotatable bonds is 1. The Morgan fingerprint density at radius 1 is 1.43 bits per heavy atom.